The Kier molecular flexibility index (Phi) is 3.73. The van der Waals surface area contributed by atoms with Crippen molar-refractivity contribution >= 4 is 23.2 Å². The molecule has 1 aromatic rings. The summed E-state index contributed by atoms with van der Waals surface area (Å²) in [5, 5.41) is 5.52. The van der Waals surface area contributed by atoms with Crippen LogP contribution in [0.5, 0.6) is 0 Å². The van der Waals surface area contributed by atoms with E-state index in [2.05, 4.69) is 10.3 Å². The molecule has 0 bridgehead atoms. The van der Waals surface area contributed by atoms with Crippen molar-refractivity contribution in [2.75, 3.05) is 20.1 Å². The van der Waals surface area contributed by atoms with Crippen LogP contribution >= 0.6 is 11.3 Å². The third-order valence-electron chi connectivity index (χ3n) is 4.98. The van der Waals surface area contributed by atoms with Gasteiger partial charge in [-0.25, -0.2) is 4.98 Å². The van der Waals surface area contributed by atoms with Crippen LogP contribution in [-0.2, 0) is 4.79 Å². The van der Waals surface area contributed by atoms with Gasteiger partial charge in [0, 0.05) is 36.9 Å². The average molecular weight is 307 g/mol. The second-order valence-electron chi connectivity index (χ2n) is 6.15. The van der Waals surface area contributed by atoms with Crippen LogP contribution in [0.3, 0.4) is 0 Å². The van der Waals surface area contributed by atoms with Gasteiger partial charge in [-0.05, 0) is 26.2 Å². The highest BCUT2D eigenvalue weighted by molar-refractivity contribution is 7.09. The molecule has 1 N–H and O–H groups in total. The molecule has 1 spiro atoms. The highest BCUT2D eigenvalue weighted by Crippen LogP contribution is 2.50. The summed E-state index contributed by atoms with van der Waals surface area (Å²) in [5.74, 6) is 0.197. The first-order valence-corrected chi connectivity index (χ1v) is 8.37. The predicted molar refractivity (Wildman–Crippen MR) is 81.2 cm³/mol. The fourth-order valence-electron chi connectivity index (χ4n) is 3.90. The fraction of sp³-hybridized carbons (Fsp3) is 0.667. The van der Waals surface area contributed by atoms with Crippen LogP contribution in [-0.4, -0.2) is 41.8 Å². The number of likely N-dealkylation sites (tertiary alicyclic amines) is 1. The van der Waals surface area contributed by atoms with E-state index in [9.17, 15) is 9.59 Å². The molecule has 6 heteroatoms. The zero-order chi connectivity index (χ0) is 15.0. The molecule has 0 aromatic carbocycles. The Labute approximate surface area is 128 Å². The van der Waals surface area contributed by atoms with Crippen LogP contribution in [0, 0.1) is 18.3 Å². The quantitative estimate of drug-likeness (QED) is 0.906. The summed E-state index contributed by atoms with van der Waals surface area (Å²) >= 11 is 1.50. The summed E-state index contributed by atoms with van der Waals surface area (Å²) in [4.78, 5) is 30.8. The monoisotopic (exact) mass is 307 g/mol. The molecule has 1 saturated carbocycles. The highest BCUT2D eigenvalue weighted by atomic mass is 32.1. The maximum Gasteiger partial charge on any atom is 0.273 e. The van der Waals surface area contributed by atoms with Gasteiger partial charge in [0.25, 0.3) is 5.91 Å². The van der Waals surface area contributed by atoms with Gasteiger partial charge in [-0.3, -0.25) is 9.59 Å². The molecule has 0 unspecified atom stereocenters. The van der Waals surface area contributed by atoms with E-state index in [1.54, 1.807) is 7.05 Å². The first-order chi connectivity index (χ1) is 10.1. The molecule has 5 nitrogen and oxygen atoms in total. The molecule has 2 aliphatic rings. The maximum atomic E-state index is 12.5. The molecule has 21 heavy (non-hydrogen) atoms. The number of rotatable bonds is 2. The van der Waals surface area contributed by atoms with Crippen molar-refractivity contribution in [2.24, 2.45) is 11.3 Å². The van der Waals surface area contributed by atoms with Crippen molar-refractivity contribution in [1.29, 1.82) is 0 Å². The lowest BCUT2D eigenvalue weighted by atomic mass is 9.76. The summed E-state index contributed by atoms with van der Waals surface area (Å²) in [6.45, 7) is 3.34. The van der Waals surface area contributed by atoms with E-state index in [0.717, 1.165) is 37.2 Å². The van der Waals surface area contributed by atoms with Crippen molar-refractivity contribution in [2.45, 2.75) is 32.6 Å². The van der Waals surface area contributed by atoms with Gasteiger partial charge in [0.05, 0.1) is 5.01 Å². The van der Waals surface area contributed by atoms with Crippen molar-refractivity contribution in [3.63, 3.8) is 0 Å². The van der Waals surface area contributed by atoms with E-state index < -0.39 is 0 Å². The molecule has 1 aliphatic heterocycles. The van der Waals surface area contributed by atoms with Crippen LogP contribution in [0.2, 0.25) is 0 Å². The van der Waals surface area contributed by atoms with Crippen LogP contribution in [0.15, 0.2) is 5.38 Å². The second kappa shape index (κ2) is 5.40. The van der Waals surface area contributed by atoms with Crippen molar-refractivity contribution in [3.8, 4) is 0 Å². The van der Waals surface area contributed by atoms with E-state index in [1.807, 2.05) is 17.2 Å². The minimum atomic E-state index is -0.0131. The number of carbonyl (C=O) groups excluding carboxylic acids is 2. The van der Waals surface area contributed by atoms with Crippen molar-refractivity contribution < 1.29 is 9.59 Å². The molecule has 1 aromatic heterocycles. The van der Waals surface area contributed by atoms with Gasteiger partial charge in [0.1, 0.15) is 5.69 Å². The van der Waals surface area contributed by atoms with Crippen LogP contribution < -0.4 is 5.32 Å². The lowest BCUT2D eigenvalue weighted by Gasteiger charge is -2.30. The Morgan fingerprint density at radius 2 is 2.29 bits per heavy atom. The number of aryl methyl sites for hydroxylation is 1. The van der Waals surface area contributed by atoms with Crippen LogP contribution in [0.1, 0.15) is 41.2 Å². The summed E-state index contributed by atoms with van der Waals surface area (Å²) < 4.78 is 0. The largest absolute Gasteiger partial charge is 0.359 e. The second-order valence-corrected chi connectivity index (χ2v) is 7.21. The minimum absolute atomic E-state index is 0.0128. The number of carbonyl (C=O) groups is 2. The molecular weight excluding hydrogens is 286 g/mol. The van der Waals surface area contributed by atoms with Gasteiger partial charge in [-0.2, -0.15) is 0 Å². The van der Waals surface area contributed by atoms with Crippen LogP contribution in [0.4, 0.5) is 0 Å². The van der Waals surface area contributed by atoms with Gasteiger partial charge < -0.3 is 10.2 Å². The van der Waals surface area contributed by atoms with Gasteiger partial charge in [0.2, 0.25) is 5.91 Å². The zero-order valence-corrected chi connectivity index (χ0v) is 13.3. The smallest absolute Gasteiger partial charge is 0.273 e. The number of nitrogens with zero attached hydrogens (tertiary/aromatic N) is 2. The van der Waals surface area contributed by atoms with Crippen molar-refractivity contribution in [1.82, 2.24) is 15.2 Å². The number of aromatic nitrogens is 1. The van der Waals surface area contributed by atoms with Gasteiger partial charge >= 0.3 is 0 Å². The molecule has 1 aliphatic carbocycles. The predicted octanol–water partition coefficient (Wildman–Crippen LogP) is 1.83. The van der Waals surface area contributed by atoms with E-state index in [0.29, 0.717) is 12.2 Å². The molecule has 1 saturated heterocycles. The maximum absolute atomic E-state index is 12.5. The molecule has 0 radical (unpaired) electrons. The third-order valence-corrected chi connectivity index (χ3v) is 5.75. The number of nitrogens with one attached hydrogen (secondary N) is 1. The van der Waals surface area contributed by atoms with Gasteiger partial charge in [-0.1, -0.05) is 6.42 Å². The average Bonchev–Trinajstić information content (AvgIpc) is 3.19. The fourth-order valence-corrected chi connectivity index (χ4v) is 4.49. The molecule has 2 atom stereocenters. The van der Waals surface area contributed by atoms with E-state index >= 15 is 0 Å². The lowest BCUT2D eigenvalue weighted by Crippen LogP contribution is -2.40. The molecule has 2 amide bonds. The minimum Gasteiger partial charge on any atom is -0.359 e. The normalized spacial score (nSPS) is 28.3. The topological polar surface area (TPSA) is 62.3 Å². The molecule has 2 fully saturated rings. The first kappa shape index (κ1) is 14.5. The Bertz CT molecular complexity index is 571. The van der Waals surface area contributed by atoms with E-state index in [1.165, 1.54) is 11.3 Å². The molecule has 2 heterocycles. The molecular formula is C15H21N3O2S. The molecule has 3 rings (SSSR count). The first-order valence-electron chi connectivity index (χ1n) is 7.49. The van der Waals surface area contributed by atoms with Crippen molar-refractivity contribution in [3.05, 3.63) is 16.1 Å². The number of hydrogen-bond acceptors (Lipinski definition) is 4. The SMILES string of the molecule is CNC(=O)[C@H]1CCC[C@]12CCN(C(=O)c1csc(C)n1)C2. The third kappa shape index (κ3) is 2.46. The number of thiazole rings is 1. The lowest BCUT2D eigenvalue weighted by molar-refractivity contribution is -0.127. The van der Waals surface area contributed by atoms with Crippen LogP contribution in [0.25, 0.3) is 0 Å². The summed E-state index contributed by atoms with van der Waals surface area (Å²) in [6.07, 6.45) is 4.00. The Morgan fingerprint density at radius 3 is 2.95 bits per heavy atom. The van der Waals surface area contributed by atoms with Gasteiger partial charge in [-0.15, -0.1) is 11.3 Å². The van der Waals surface area contributed by atoms with E-state index in [4.69, 9.17) is 0 Å². The Morgan fingerprint density at radius 1 is 1.48 bits per heavy atom. The Hall–Kier alpha value is -1.43. The summed E-state index contributed by atoms with van der Waals surface area (Å²) in [6, 6.07) is 0. The molecule has 114 valence electrons. The standard InChI is InChI=1S/C15H21N3O2S/c1-10-17-12(8-21-10)14(20)18-7-6-15(9-18)5-3-4-11(15)13(19)16-2/h8,11H,3-7,9H2,1-2H3,(H,16,19)/t11-,15-/m1/s1. The summed E-state index contributed by atoms with van der Waals surface area (Å²) in [7, 11) is 1.70. The zero-order valence-electron chi connectivity index (χ0n) is 12.5. The highest BCUT2D eigenvalue weighted by Gasteiger charge is 2.51. The number of hydrogen-bond donors (Lipinski definition) is 1. The van der Waals surface area contributed by atoms with E-state index in [-0.39, 0.29) is 23.1 Å². The Balaban J connectivity index is 1.75. The van der Waals surface area contributed by atoms with Gasteiger partial charge in [0.15, 0.2) is 0 Å². The summed E-state index contributed by atoms with van der Waals surface area (Å²) in [5.41, 5.74) is 0.532. The number of amides is 2.